The first-order valence-corrected chi connectivity index (χ1v) is 11.1. The van der Waals surface area contributed by atoms with Crippen LogP contribution in [0.25, 0.3) is 6.08 Å². The largest absolute Gasteiger partial charge is 0.454 e. The molecule has 0 unspecified atom stereocenters. The van der Waals surface area contributed by atoms with Crippen LogP contribution in [0.1, 0.15) is 74.2 Å². The SMILES string of the molecule is CCCCCCCCCC(=O)Oc1ccc(C(=O)/C=C/c2ccc3c(c2)OCO3)cc1. The summed E-state index contributed by atoms with van der Waals surface area (Å²) in [6, 6.07) is 12.2. The Morgan fingerprint density at radius 3 is 2.39 bits per heavy atom. The van der Waals surface area contributed by atoms with Crippen molar-refractivity contribution in [1.29, 1.82) is 0 Å². The zero-order valence-electron chi connectivity index (χ0n) is 18.1. The molecule has 0 saturated heterocycles. The average molecular weight is 423 g/mol. The maximum atomic E-state index is 12.4. The Morgan fingerprint density at radius 2 is 1.61 bits per heavy atom. The summed E-state index contributed by atoms with van der Waals surface area (Å²) in [7, 11) is 0. The average Bonchev–Trinajstić information content (AvgIpc) is 3.25. The van der Waals surface area contributed by atoms with Gasteiger partial charge in [-0.2, -0.15) is 0 Å². The van der Waals surface area contributed by atoms with Gasteiger partial charge in [-0.05, 0) is 54.5 Å². The number of unbranched alkanes of at least 4 members (excludes halogenated alkanes) is 6. The van der Waals surface area contributed by atoms with Crippen molar-refractivity contribution in [3.8, 4) is 17.2 Å². The monoisotopic (exact) mass is 422 g/mol. The molecular weight excluding hydrogens is 392 g/mol. The van der Waals surface area contributed by atoms with E-state index in [0.717, 1.165) is 18.4 Å². The molecule has 3 rings (SSSR count). The summed E-state index contributed by atoms with van der Waals surface area (Å²) in [5, 5.41) is 0. The third-order valence-corrected chi connectivity index (χ3v) is 5.18. The minimum atomic E-state index is -0.227. The van der Waals surface area contributed by atoms with Gasteiger partial charge in [0.05, 0.1) is 0 Å². The molecule has 31 heavy (non-hydrogen) atoms. The van der Waals surface area contributed by atoms with E-state index in [2.05, 4.69) is 6.92 Å². The van der Waals surface area contributed by atoms with Crippen LogP contribution in [0, 0.1) is 0 Å². The zero-order chi connectivity index (χ0) is 21.9. The lowest BCUT2D eigenvalue weighted by atomic mass is 10.1. The number of benzene rings is 2. The van der Waals surface area contributed by atoms with Gasteiger partial charge in [-0.25, -0.2) is 0 Å². The number of rotatable bonds is 12. The predicted octanol–water partition coefficient (Wildman–Crippen LogP) is 6.36. The Kier molecular flexibility index (Phi) is 8.71. The van der Waals surface area contributed by atoms with Crippen LogP contribution in [0.3, 0.4) is 0 Å². The molecule has 2 aromatic rings. The fraction of sp³-hybridized carbons (Fsp3) is 0.385. The molecule has 0 spiro atoms. The van der Waals surface area contributed by atoms with Gasteiger partial charge in [0.15, 0.2) is 17.3 Å². The van der Waals surface area contributed by atoms with Gasteiger partial charge >= 0.3 is 5.97 Å². The summed E-state index contributed by atoms with van der Waals surface area (Å²) in [4.78, 5) is 24.4. The molecule has 1 aliphatic rings. The van der Waals surface area contributed by atoms with Crippen LogP contribution in [0.4, 0.5) is 0 Å². The van der Waals surface area contributed by atoms with E-state index in [0.29, 0.717) is 29.2 Å². The normalized spacial score (nSPS) is 12.3. The van der Waals surface area contributed by atoms with E-state index in [4.69, 9.17) is 14.2 Å². The molecule has 0 bridgehead atoms. The highest BCUT2D eigenvalue weighted by molar-refractivity contribution is 6.06. The van der Waals surface area contributed by atoms with E-state index in [1.165, 1.54) is 38.2 Å². The van der Waals surface area contributed by atoms with Crippen molar-refractivity contribution in [2.75, 3.05) is 6.79 Å². The Hall–Kier alpha value is -3.08. The van der Waals surface area contributed by atoms with E-state index in [-0.39, 0.29) is 18.5 Å². The predicted molar refractivity (Wildman–Crippen MR) is 121 cm³/mol. The molecule has 0 aromatic heterocycles. The lowest BCUT2D eigenvalue weighted by molar-refractivity contribution is -0.134. The van der Waals surface area contributed by atoms with E-state index < -0.39 is 0 Å². The molecule has 0 radical (unpaired) electrons. The van der Waals surface area contributed by atoms with Crippen LogP contribution in [0.5, 0.6) is 17.2 Å². The second kappa shape index (κ2) is 11.9. The second-order valence-electron chi connectivity index (χ2n) is 7.68. The van der Waals surface area contributed by atoms with Crippen LogP contribution in [0.15, 0.2) is 48.5 Å². The van der Waals surface area contributed by atoms with E-state index >= 15 is 0 Å². The van der Waals surface area contributed by atoms with E-state index in [9.17, 15) is 9.59 Å². The maximum absolute atomic E-state index is 12.4. The molecule has 0 aliphatic carbocycles. The number of esters is 1. The van der Waals surface area contributed by atoms with Gasteiger partial charge in [0.1, 0.15) is 5.75 Å². The highest BCUT2D eigenvalue weighted by atomic mass is 16.7. The topological polar surface area (TPSA) is 61.8 Å². The van der Waals surface area contributed by atoms with Crippen molar-refractivity contribution in [2.45, 2.75) is 58.3 Å². The summed E-state index contributed by atoms with van der Waals surface area (Å²) in [5.41, 5.74) is 1.39. The van der Waals surface area contributed by atoms with Crippen molar-refractivity contribution in [3.05, 3.63) is 59.7 Å². The number of hydrogen-bond acceptors (Lipinski definition) is 5. The van der Waals surface area contributed by atoms with Crippen LogP contribution < -0.4 is 14.2 Å². The molecule has 0 fully saturated rings. The molecule has 0 saturated carbocycles. The van der Waals surface area contributed by atoms with Crippen LogP contribution in [0.2, 0.25) is 0 Å². The van der Waals surface area contributed by atoms with Gasteiger partial charge in [0.2, 0.25) is 6.79 Å². The summed E-state index contributed by atoms with van der Waals surface area (Å²) in [6.45, 7) is 2.42. The molecule has 0 amide bonds. The Bertz CT molecular complexity index is 899. The molecule has 5 heteroatoms. The number of carbonyl (C=O) groups excluding carboxylic acids is 2. The highest BCUT2D eigenvalue weighted by Gasteiger charge is 2.12. The Morgan fingerprint density at radius 1 is 0.903 bits per heavy atom. The maximum Gasteiger partial charge on any atom is 0.311 e. The van der Waals surface area contributed by atoms with Gasteiger partial charge < -0.3 is 14.2 Å². The first-order chi connectivity index (χ1) is 15.2. The van der Waals surface area contributed by atoms with Gasteiger partial charge in [-0.1, -0.05) is 57.6 Å². The number of ether oxygens (including phenoxy) is 3. The lowest BCUT2D eigenvalue weighted by Crippen LogP contribution is -2.07. The summed E-state index contributed by atoms with van der Waals surface area (Å²) in [5.74, 6) is 1.50. The number of fused-ring (bicyclic) bond motifs is 1. The summed E-state index contributed by atoms with van der Waals surface area (Å²) < 4.78 is 16.0. The van der Waals surface area contributed by atoms with Gasteiger partial charge in [-0.15, -0.1) is 0 Å². The zero-order valence-corrected chi connectivity index (χ0v) is 18.1. The Labute approximate surface area is 184 Å². The lowest BCUT2D eigenvalue weighted by Gasteiger charge is -2.05. The molecular formula is C26H30O5. The number of ketones is 1. The van der Waals surface area contributed by atoms with Crippen molar-refractivity contribution in [2.24, 2.45) is 0 Å². The van der Waals surface area contributed by atoms with Crippen molar-refractivity contribution in [3.63, 3.8) is 0 Å². The van der Waals surface area contributed by atoms with E-state index in [1.807, 2.05) is 18.2 Å². The summed E-state index contributed by atoms with van der Waals surface area (Å²) in [6.07, 6.45) is 11.8. The first-order valence-electron chi connectivity index (χ1n) is 11.1. The van der Waals surface area contributed by atoms with Gasteiger partial charge in [0, 0.05) is 12.0 Å². The molecule has 1 heterocycles. The van der Waals surface area contributed by atoms with Crippen LogP contribution >= 0.6 is 0 Å². The van der Waals surface area contributed by atoms with Gasteiger partial charge in [-0.3, -0.25) is 9.59 Å². The number of hydrogen-bond donors (Lipinski definition) is 0. The molecule has 0 N–H and O–H groups in total. The minimum Gasteiger partial charge on any atom is -0.454 e. The van der Waals surface area contributed by atoms with Crippen LogP contribution in [-0.4, -0.2) is 18.5 Å². The molecule has 2 aromatic carbocycles. The van der Waals surface area contributed by atoms with Crippen molar-refractivity contribution >= 4 is 17.8 Å². The van der Waals surface area contributed by atoms with Crippen molar-refractivity contribution in [1.82, 2.24) is 0 Å². The quantitative estimate of drug-likeness (QED) is 0.131. The third kappa shape index (κ3) is 7.28. The van der Waals surface area contributed by atoms with E-state index in [1.54, 1.807) is 30.3 Å². The third-order valence-electron chi connectivity index (χ3n) is 5.18. The first kappa shape index (κ1) is 22.6. The summed E-state index contributed by atoms with van der Waals surface area (Å²) >= 11 is 0. The Balaban J connectivity index is 1.42. The number of carbonyl (C=O) groups is 2. The van der Waals surface area contributed by atoms with Crippen LogP contribution in [-0.2, 0) is 4.79 Å². The smallest absolute Gasteiger partial charge is 0.311 e. The number of allylic oxidation sites excluding steroid dienone is 1. The second-order valence-corrected chi connectivity index (χ2v) is 7.68. The van der Waals surface area contributed by atoms with Gasteiger partial charge in [0.25, 0.3) is 0 Å². The molecule has 1 aliphatic heterocycles. The fourth-order valence-electron chi connectivity index (χ4n) is 3.38. The molecule has 5 nitrogen and oxygen atoms in total. The molecule has 0 atom stereocenters. The fourth-order valence-corrected chi connectivity index (χ4v) is 3.38. The molecule has 164 valence electrons. The highest BCUT2D eigenvalue weighted by Crippen LogP contribution is 2.32. The van der Waals surface area contributed by atoms with Crippen molar-refractivity contribution < 1.29 is 23.8 Å². The standard InChI is InChI=1S/C26H30O5/c1-2-3-4-5-6-7-8-9-26(28)31-22-14-12-21(13-15-22)23(27)16-10-20-11-17-24-25(18-20)30-19-29-24/h10-18H,2-9,19H2,1H3/b16-10+. The minimum absolute atomic E-state index is 0.126.